The second-order valence-electron chi connectivity index (χ2n) is 5.85. The van der Waals surface area contributed by atoms with E-state index >= 15 is 0 Å². The Morgan fingerprint density at radius 1 is 1.30 bits per heavy atom. The van der Waals surface area contributed by atoms with Crippen LogP contribution in [0.3, 0.4) is 0 Å². The van der Waals surface area contributed by atoms with Crippen LogP contribution in [0, 0.1) is 17.2 Å². The average Bonchev–Trinajstić information content (AvgIpc) is 2.63. The van der Waals surface area contributed by atoms with Gasteiger partial charge in [0.1, 0.15) is 11.6 Å². The van der Waals surface area contributed by atoms with Crippen molar-refractivity contribution >= 4 is 29.1 Å². The summed E-state index contributed by atoms with van der Waals surface area (Å²) in [4.78, 5) is 24.1. The van der Waals surface area contributed by atoms with E-state index in [9.17, 15) is 22.8 Å². The largest absolute Gasteiger partial charge is 0.417 e. The number of rotatable bonds is 4. The highest BCUT2D eigenvalue weighted by Crippen LogP contribution is 2.36. The number of nitrogens with one attached hydrogen (secondary N) is 3. The molecule has 0 radical (unpaired) electrons. The van der Waals surface area contributed by atoms with Gasteiger partial charge in [0, 0.05) is 17.8 Å². The molecule has 1 aromatic carbocycles. The van der Waals surface area contributed by atoms with Gasteiger partial charge in [-0.15, -0.1) is 0 Å². The molecule has 1 saturated heterocycles. The second kappa shape index (κ2) is 8.88. The Kier molecular flexibility index (Phi) is 6.82. The van der Waals surface area contributed by atoms with Crippen LogP contribution in [-0.4, -0.2) is 24.9 Å². The maximum Gasteiger partial charge on any atom is 0.417 e. The lowest BCUT2D eigenvalue weighted by Gasteiger charge is -2.20. The van der Waals surface area contributed by atoms with Gasteiger partial charge in [-0.1, -0.05) is 11.6 Å². The molecule has 0 aromatic heterocycles. The van der Waals surface area contributed by atoms with Crippen LogP contribution in [0.1, 0.15) is 18.4 Å². The first kappa shape index (κ1) is 20.7. The van der Waals surface area contributed by atoms with Crippen molar-refractivity contribution in [1.29, 1.82) is 5.26 Å². The highest BCUT2D eigenvalue weighted by atomic mass is 35.5. The number of amides is 2. The van der Waals surface area contributed by atoms with E-state index in [1.807, 2.05) is 0 Å². The molecule has 1 fully saturated rings. The maximum absolute atomic E-state index is 12.9. The fourth-order valence-corrected chi connectivity index (χ4v) is 2.74. The van der Waals surface area contributed by atoms with Crippen molar-refractivity contribution in [3.63, 3.8) is 0 Å². The fourth-order valence-electron chi connectivity index (χ4n) is 2.51. The summed E-state index contributed by atoms with van der Waals surface area (Å²) in [5.41, 5.74) is -1.73. The van der Waals surface area contributed by atoms with Gasteiger partial charge in [0.25, 0.3) is 5.91 Å². The molecule has 1 aliphatic heterocycles. The van der Waals surface area contributed by atoms with Crippen LogP contribution in [0.5, 0.6) is 0 Å². The number of hydrogen-bond donors (Lipinski definition) is 3. The minimum Gasteiger partial charge on any atom is -0.331 e. The van der Waals surface area contributed by atoms with Gasteiger partial charge in [0.05, 0.1) is 10.6 Å². The molecule has 1 aromatic rings. The zero-order chi connectivity index (χ0) is 20.0. The Balaban J connectivity index is 2.06. The highest BCUT2D eigenvalue weighted by molar-refractivity contribution is 6.31. The van der Waals surface area contributed by atoms with Gasteiger partial charge in [-0.2, -0.15) is 18.4 Å². The number of anilines is 1. The van der Waals surface area contributed by atoms with E-state index in [1.165, 1.54) is 6.07 Å². The Labute approximate surface area is 158 Å². The number of hydrogen-bond acceptors (Lipinski definition) is 4. The lowest BCUT2D eigenvalue weighted by Crippen LogP contribution is -2.36. The monoisotopic (exact) mass is 400 g/mol. The lowest BCUT2D eigenvalue weighted by atomic mass is 9.97. The van der Waals surface area contributed by atoms with Gasteiger partial charge in [0.2, 0.25) is 5.91 Å². The molecular weight excluding hydrogens is 385 g/mol. The predicted molar refractivity (Wildman–Crippen MR) is 92.5 cm³/mol. The van der Waals surface area contributed by atoms with Crippen LogP contribution in [0.2, 0.25) is 5.02 Å². The summed E-state index contributed by atoms with van der Waals surface area (Å²) in [5.74, 6) is -1.49. The molecule has 6 nitrogen and oxygen atoms in total. The molecule has 0 saturated carbocycles. The number of carbonyl (C=O) groups is 2. The van der Waals surface area contributed by atoms with Crippen LogP contribution in [0.15, 0.2) is 30.0 Å². The maximum atomic E-state index is 12.9. The highest BCUT2D eigenvalue weighted by Gasteiger charge is 2.33. The summed E-state index contributed by atoms with van der Waals surface area (Å²) in [5, 5.41) is 16.3. The van der Waals surface area contributed by atoms with E-state index in [4.69, 9.17) is 16.9 Å². The Bertz CT molecular complexity index is 796. The molecule has 2 amide bonds. The van der Waals surface area contributed by atoms with Crippen LogP contribution in [0.4, 0.5) is 18.9 Å². The number of piperidine rings is 1. The lowest BCUT2D eigenvalue weighted by molar-refractivity contribution is -0.137. The van der Waals surface area contributed by atoms with Crippen LogP contribution in [-0.2, 0) is 15.8 Å². The normalized spacial score (nSPS) is 15.7. The van der Waals surface area contributed by atoms with E-state index < -0.39 is 28.2 Å². The van der Waals surface area contributed by atoms with Crippen molar-refractivity contribution in [3.05, 3.63) is 40.6 Å². The molecule has 0 bridgehead atoms. The molecule has 10 heteroatoms. The number of benzene rings is 1. The molecule has 2 rings (SSSR count). The van der Waals surface area contributed by atoms with Crippen molar-refractivity contribution in [2.75, 3.05) is 18.4 Å². The van der Waals surface area contributed by atoms with Crippen molar-refractivity contribution in [2.24, 2.45) is 5.92 Å². The van der Waals surface area contributed by atoms with Gasteiger partial charge < -0.3 is 16.0 Å². The predicted octanol–water partition coefficient (Wildman–Crippen LogP) is 2.82. The number of carbonyl (C=O) groups excluding carboxylic acids is 2. The van der Waals surface area contributed by atoms with Gasteiger partial charge in [0.15, 0.2) is 0 Å². The Morgan fingerprint density at radius 3 is 2.56 bits per heavy atom. The van der Waals surface area contributed by atoms with E-state index in [2.05, 4.69) is 16.0 Å². The van der Waals surface area contributed by atoms with Crippen molar-refractivity contribution in [2.45, 2.75) is 19.0 Å². The van der Waals surface area contributed by atoms with Crippen LogP contribution < -0.4 is 16.0 Å². The van der Waals surface area contributed by atoms with Gasteiger partial charge in [-0.3, -0.25) is 9.59 Å². The molecule has 0 atom stereocenters. The Morgan fingerprint density at radius 2 is 1.96 bits per heavy atom. The first-order chi connectivity index (χ1) is 12.7. The summed E-state index contributed by atoms with van der Waals surface area (Å²) in [7, 11) is 0. The Hall–Kier alpha value is -2.57. The number of halogens is 4. The minimum absolute atomic E-state index is 0.178. The van der Waals surface area contributed by atoms with Gasteiger partial charge in [-0.25, -0.2) is 0 Å². The van der Waals surface area contributed by atoms with Crippen molar-refractivity contribution in [1.82, 2.24) is 10.6 Å². The topological polar surface area (TPSA) is 94.0 Å². The summed E-state index contributed by atoms with van der Waals surface area (Å²) in [6.07, 6.45) is -2.45. The summed E-state index contributed by atoms with van der Waals surface area (Å²) < 4.78 is 38.6. The minimum atomic E-state index is -4.69. The van der Waals surface area contributed by atoms with E-state index in [0.717, 1.165) is 12.3 Å². The van der Waals surface area contributed by atoms with E-state index in [0.29, 0.717) is 32.0 Å². The first-order valence-corrected chi connectivity index (χ1v) is 8.39. The zero-order valence-electron chi connectivity index (χ0n) is 14.0. The molecule has 144 valence electrons. The standard InChI is InChI=1S/C17H16ClF3N4O2/c18-14-2-1-12(7-13(14)17(19,20)21)25-16(27)11(8-22)9-24-15(26)10-3-5-23-6-4-10/h1-2,7,9-10,23H,3-6H2,(H,24,26)(H,25,27)/b11-9-. The third-order valence-electron chi connectivity index (χ3n) is 3.96. The SMILES string of the molecule is N#C/C(=C/NC(=O)C1CCNCC1)C(=O)Nc1ccc(Cl)c(C(F)(F)F)c1. The molecular formula is C17H16ClF3N4O2. The van der Waals surface area contributed by atoms with Crippen molar-refractivity contribution < 1.29 is 22.8 Å². The molecule has 3 N–H and O–H groups in total. The summed E-state index contributed by atoms with van der Waals surface area (Å²) in [6.45, 7) is 1.40. The van der Waals surface area contributed by atoms with Crippen LogP contribution >= 0.6 is 11.6 Å². The number of nitrogens with zero attached hydrogens (tertiary/aromatic N) is 1. The first-order valence-electron chi connectivity index (χ1n) is 8.02. The quantitative estimate of drug-likeness (QED) is 0.535. The number of nitriles is 1. The summed E-state index contributed by atoms with van der Waals surface area (Å²) in [6, 6.07) is 4.45. The average molecular weight is 401 g/mol. The second-order valence-corrected chi connectivity index (χ2v) is 6.26. The molecule has 0 unspecified atom stereocenters. The van der Waals surface area contributed by atoms with E-state index in [1.54, 1.807) is 6.07 Å². The molecule has 0 spiro atoms. The number of alkyl halides is 3. The summed E-state index contributed by atoms with van der Waals surface area (Å²) >= 11 is 5.52. The van der Waals surface area contributed by atoms with Gasteiger partial charge in [-0.05, 0) is 44.1 Å². The smallest absolute Gasteiger partial charge is 0.331 e. The zero-order valence-corrected chi connectivity index (χ0v) is 14.7. The van der Waals surface area contributed by atoms with Gasteiger partial charge >= 0.3 is 6.18 Å². The fraction of sp³-hybridized carbons (Fsp3) is 0.353. The van der Waals surface area contributed by atoms with E-state index in [-0.39, 0.29) is 17.5 Å². The molecule has 1 aliphatic rings. The van der Waals surface area contributed by atoms with Crippen LogP contribution in [0.25, 0.3) is 0 Å². The third kappa shape index (κ3) is 5.70. The van der Waals surface area contributed by atoms with Crippen molar-refractivity contribution in [3.8, 4) is 6.07 Å². The molecule has 27 heavy (non-hydrogen) atoms. The third-order valence-corrected chi connectivity index (χ3v) is 4.29. The molecule has 1 heterocycles. The molecule has 0 aliphatic carbocycles.